The Morgan fingerprint density at radius 3 is 2.72 bits per heavy atom. The lowest BCUT2D eigenvalue weighted by molar-refractivity contribution is -0.140. The van der Waals surface area contributed by atoms with Gasteiger partial charge in [0.05, 0.1) is 15.1 Å². The quantitative estimate of drug-likeness (QED) is 0.492. The molecule has 0 saturated carbocycles. The van der Waals surface area contributed by atoms with Gasteiger partial charge in [0, 0.05) is 5.75 Å². The highest BCUT2D eigenvalue weighted by atomic mass is 32.2. The van der Waals surface area contributed by atoms with Gasteiger partial charge in [-0.2, -0.15) is 4.72 Å². The highest BCUT2D eigenvalue weighted by molar-refractivity contribution is 8.01. The zero-order chi connectivity index (χ0) is 18.6. The van der Waals surface area contributed by atoms with E-state index in [-0.39, 0.29) is 10.8 Å². The number of nitrogens with zero attached hydrogens (tertiary/aromatic N) is 1. The van der Waals surface area contributed by atoms with Crippen molar-refractivity contribution in [3.05, 3.63) is 18.2 Å². The number of carboxylic acid groups (broad SMARTS) is 1. The van der Waals surface area contributed by atoms with Crippen molar-refractivity contribution in [2.45, 2.75) is 48.9 Å². The Bertz CT molecular complexity index is 846. The van der Waals surface area contributed by atoms with Crippen LogP contribution in [0, 0.1) is 5.92 Å². The van der Waals surface area contributed by atoms with E-state index in [0.717, 1.165) is 33.2 Å². The molecule has 0 bridgehead atoms. The lowest BCUT2D eigenvalue weighted by Gasteiger charge is -2.17. The van der Waals surface area contributed by atoms with Gasteiger partial charge in [-0.3, -0.25) is 4.79 Å². The van der Waals surface area contributed by atoms with Crippen LogP contribution < -0.4 is 4.72 Å². The van der Waals surface area contributed by atoms with E-state index in [4.69, 9.17) is 0 Å². The number of benzene rings is 1. The van der Waals surface area contributed by atoms with Gasteiger partial charge >= 0.3 is 5.97 Å². The largest absolute Gasteiger partial charge is 0.480 e. The molecule has 0 spiro atoms. The number of sulfonamides is 1. The van der Waals surface area contributed by atoms with Crippen molar-refractivity contribution in [1.82, 2.24) is 9.71 Å². The van der Waals surface area contributed by atoms with Gasteiger partial charge in [0.1, 0.15) is 6.04 Å². The number of aromatic nitrogens is 1. The van der Waals surface area contributed by atoms with Gasteiger partial charge < -0.3 is 5.11 Å². The SMILES string of the molecule is CCCCSc1nc2ccc(S(=O)(=O)N[C@@H](C(=O)O)C(C)C)cc2s1. The Morgan fingerprint density at radius 1 is 1.40 bits per heavy atom. The molecule has 0 fully saturated rings. The molecule has 0 aliphatic rings. The molecule has 9 heteroatoms. The summed E-state index contributed by atoms with van der Waals surface area (Å²) in [6, 6.07) is 3.51. The van der Waals surface area contributed by atoms with Gasteiger partial charge in [0.15, 0.2) is 4.34 Å². The second kappa shape index (κ2) is 8.48. The van der Waals surface area contributed by atoms with Crippen LogP contribution in [-0.4, -0.2) is 36.3 Å². The Labute approximate surface area is 156 Å². The number of thioether (sulfide) groups is 1. The van der Waals surface area contributed by atoms with E-state index >= 15 is 0 Å². The first-order valence-corrected chi connectivity index (χ1v) is 11.3. The molecular weight excluding hydrogens is 380 g/mol. The molecule has 0 saturated heterocycles. The average molecular weight is 403 g/mol. The van der Waals surface area contributed by atoms with Gasteiger partial charge in [-0.15, -0.1) is 11.3 Å². The molecule has 0 radical (unpaired) electrons. The smallest absolute Gasteiger partial charge is 0.322 e. The maximum atomic E-state index is 12.5. The van der Waals surface area contributed by atoms with Crippen LogP contribution in [0.25, 0.3) is 10.2 Å². The molecule has 2 rings (SSSR count). The van der Waals surface area contributed by atoms with E-state index in [2.05, 4.69) is 16.6 Å². The first-order valence-electron chi connectivity index (χ1n) is 8.03. The highest BCUT2D eigenvalue weighted by Gasteiger charge is 2.28. The minimum absolute atomic E-state index is 0.0562. The zero-order valence-electron chi connectivity index (χ0n) is 14.4. The molecule has 0 unspecified atom stereocenters. The first kappa shape index (κ1) is 20.2. The number of carbonyl (C=O) groups is 1. The topological polar surface area (TPSA) is 96.4 Å². The number of unbranched alkanes of at least 4 members (excludes halogenated alkanes) is 1. The van der Waals surface area contributed by atoms with E-state index < -0.39 is 22.0 Å². The number of nitrogens with one attached hydrogen (secondary N) is 1. The minimum Gasteiger partial charge on any atom is -0.480 e. The summed E-state index contributed by atoms with van der Waals surface area (Å²) >= 11 is 3.12. The summed E-state index contributed by atoms with van der Waals surface area (Å²) in [6.45, 7) is 5.45. The Balaban J connectivity index is 2.26. The monoisotopic (exact) mass is 402 g/mol. The normalized spacial score (nSPS) is 13.4. The number of carboxylic acids is 1. The molecule has 6 nitrogen and oxygen atoms in total. The number of fused-ring (bicyclic) bond motifs is 1. The fourth-order valence-corrected chi connectivity index (χ4v) is 5.82. The minimum atomic E-state index is -3.91. The Morgan fingerprint density at radius 2 is 2.12 bits per heavy atom. The van der Waals surface area contributed by atoms with Crippen LogP contribution in [0.4, 0.5) is 0 Å². The van der Waals surface area contributed by atoms with Crippen LogP contribution in [0.3, 0.4) is 0 Å². The fourth-order valence-electron chi connectivity index (χ4n) is 2.12. The molecule has 0 aliphatic heterocycles. The fraction of sp³-hybridized carbons (Fsp3) is 0.500. The Kier molecular flexibility index (Phi) is 6.84. The highest BCUT2D eigenvalue weighted by Crippen LogP contribution is 2.31. The first-order chi connectivity index (χ1) is 11.7. The predicted molar refractivity (Wildman–Crippen MR) is 102 cm³/mol. The van der Waals surface area contributed by atoms with Crippen LogP contribution in [-0.2, 0) is 14.8 Å². The van der Waals surface area contributed by atoms with Crippen LogP contribution in [0.15, 0.2) is 27.4 Å². The zero-order valence-corrected chi connectivity index (χ0v) is 16.8. The summed E-state index contributed by atoms with van der Waals surface area (Å²) in [5.41, 5.74) is 0.751. The third-order valence-electron chi connectivity index (χ3n) is 3.59. The molecule has 1 aromatic carbocycles. The summed E-state index contributed by atoms with van der Waals surface area (Å²) in [6.07, 6.45) is 2.22. The van der Waals surface area contributed by atoms with Gasteiger partial charge in [0.25, 0.3) is 0 Å². The maximum absolute atomic E-state index is 12.5. The van der Waals surface area contributed by atoms with Gasteiger partial charge in [-0.05, 0) is 30.5 Å². The third kappa shape index (κ3) is 5.16. The van der Waals surface area contributed by atoms with E-state index in [1.54, 1.807) is 37.7 Å². The van der Waals surface area contributed by atoms with E-state index in [1.807, 2.05) is 0 Å². The molecule has 1 heterocycles. The van der Waals surface area contributed by atoms with Gasteiger partial charge in [0.2, 0.25) is 10.0 Å². The maximum Gasteiger partial charge on any atom is 0.322 e. The summed E-state index contributed by atoms with van der Waals surface area (Å²) in [7, 11) is -3.91. The number of thiazole rings is 1. The summed E-state index contributed by atoms with van der Waals surface area (Å²) < 4.78 is 29.0. The molecule has 0 aliphatic carbocycles. The van der Waals surface area contributed by atoms with Crippen molar-refractivity contribution in [1.29, 1.82) is 0 Å². The number of rotatable bonds is 9. The summed E-state index contributed by atoms with van der Waals surface area (Å²) in [5.74, 6) is -0.564. The van der Waals surface area contributed by atoms with Gasteiger partial charge in [-0.1, -0.05) is 39.0 Å². The number of aliphatic carboxylic acids is 1. The molecule has 25 heavy (non-hydrogen) atoms. The van der Waals surface area contributed by atoms with Crippen molar-refractivity contribution in [2.24, 2.45) is 5.92 Å². The van der Waals surface area contributed by atoms with Crippen LogP contribution >= 0.6 is 23.1 Å². The third-order valence-corrected chi connectivity index (χ3v) is 7.28. The Hall–Kier alpha value is -1.16. The van der Waals surface area contributed by atoms with Crippen LogP contribution in [0.2, 0.25) is 0 Å². The van der Waals surface area contributed by atoms with Crippen molar-refractivity contribution in [3.8, 4) is 0 Å². The summed E-state index contributed by atoms with van der Waals surface area (Å²) in [5, 5.41) is 9.19. The molecule has 2 aromatic rings. The predicted octanol–water partition coefficient (Wildman–Crippen LogP) is 3.58. The van der Waals surface area contributed by atoms with E-state index in [1.165, 1.54) is 17.4 Å². The van der Waals surface area contributed by atoms with Crippen molar-refractivity contribution in [3.63, 3.8) is 0 Å². The molecule has 138 valence electrons. The lowest BCUT2D eigenvalue weighted by Crippen LogP contribution is -2.44. The standard InChI is InChI=1S/C16H22N2O4S3/c1-4-5-8-23-16-17-12-7-6-11(9-13(12)24-16)25(21,22)18-14(10(2)3)15(19)20/h6-7,9-10,14,18H,4-5,8H2,1-3H3,(H,19,20)/t14-/m1/s1. The van der Waals surface area contributed by atoms with Gasteiger partial charge in [-0.25, -0.2) is 13.4 Å². The molecule has 0 amide bonds. The number of hydrogen-bond donors (Lipinski definition) is 2. The van der Waals surface area contributed by atoms with Crippen LogP contribution in [0.1, 0.15) is 33.6 Å². The van der Waals surface area contributed by atoms with Crippen molar-refractivity contribution < 1.29 is 18.3 Å². The average Bonchev–Trinajstić information content (AvgIpc) is 2.94. The number of hydrogen-bond acceptors (Lipinski definition) is 6. The lowest BCUT2D eigenvalue weighted by atomic mass is 10.1. The molecular formula is C16H22N2O4S3. The van der Waals surface area contributed by atoms with E-state index in [0.29, 0.717) is 0 Å². The van der Waals surface area contributed by atoms with Crippen molar-refractivity contribution >= 4 is 49.3 Å². The molecule has 1 atom stereocenters. The second-order valence-corrected chi connectivity index (χ2v) is 10.1. The molecule has 1 aromatic heterocycles. The summed E-state index contributed by atoms with van der Waals surface area (Å²) in [4.78, 5) is 15.8. The second-order valence-electron chi connectivity index (χ2n) is 5.99. The van der Waals surface area contributed by atoms with E-state index in [9.17, 15) is 18.3 Å². The molecule has 2 N–H and O–H groups in total. The van der Waals surface area contributed by atoms with Crippen LogP contribution in [0.5, 0.6) is 0 Å². The van der Waals surface area contributed by atoms with Crippen molar-refractivity contribution in [2.75, 3.05) is 5.75 Å².